The molecule has 1 amide bonds. The minimum atomic E-state index is -0.109. The Hall–Kier alpha value is -3.80. The van der Waals surface area contributed by atoms with Crippen LogP contribution in [0.2, 0.25) is 0 Å². The summed E-state index contributed by atoms with van der Waals surface area (Å²) in [7, 11) is 1.64. The Morgan fingerprint density at radius 2 is 1.87 bits per heavy atom. The van der Waals surface area contributed by atoms with Crippen LogP contribution in [0.25, 0.3) is 22.2 Å². The van der Waals surface area contributed by atoms with Gasteiger partial charge in [0.05, 0.1) is 16.8 Å². The number of hydrogen-bond donors (Lipinski definition) is 2. The highest BCUT2D eigenvalue weighted by Gasteiger charge is 2.11. The number of aryl methyl sites for hydroxylation is 2. The Labute approximate surface area is 181 Å². The molecule has 0 aliphatic heterocycles. The van der Waals surface area contributed by atoms with Crippen molar-refractivity contribution < 1.29 is 4.79 Å². The summed E-state index contributed by atoms with van der Waals surface area (Å²) in [6.07, 6.45) is 4.03. The van der Waals surface area contributed by atoms with E-state index in [1.807, 2.05) is 24.3 Å². The number of pyridine rings is 1. The standard InChI is InChI=1S/C25H25N5O/c1-16-7-8-19(17(2)13-16)22-14-23(30-15-29-22)27-11-9-18-5-4-6-20-21(25(31)26-3)10-12-28-24(18)20/h4-8,10,12-15H,9,11H2,1-3H3,(H,26,31)(H,27,29,30). The number of rotatable bonds is 6. The molecule has 0 radical (unpaired) electrons. The predicted octanol–water partition coefficient (Wildman–Crippen LogP) is 4.32. The summed E-state index contributed by atoms with van der Waals surface area (Å²) in [6.45, 7) is 4.87. The van der Waals surface area contributed by atoms with Gasteiger partial charge in [-0.25, -0.2) is 9.97 Å². The Balaban J connectivity index is 1.51. The first kappa shape index (κ1) is 20.5. The first-order valence-electron chi connectivity index (χ1n) is 10.3. The van der Waals surface area contributed by atoms with E-state index in [0.717, 1.165) is 40.0 Å². The number of hydrogen-bond acceptors (Lipinski definition) is 5. The fourth-order valence-corrected chi connectivity index (χ4v) is 3.80. The van der Waals surface area contributed by atoms with Gasteiger partial charge in [0.15, 0.2) is 0 Å². The maximum Gasteiger partial charge on any atom is 0.251 e. The fraction of sp³-hybridized carbons (Fsp3) is 0.200. The molecule has 6 heteroatoms. The van der Waals surface area contributed by atoms with Crippen molar-refractivity contribution in [1.82, 2.24) is 20.3 Å². The normalized spacial score (nSPS) is 10.8. The summed E-state index contributed by atoms with van der Waals surface area (Å²) >= 11 is 0. The lowest BCUT2D eigenvalue weighted by atomic mass is 10.0. The van der Waals surface area contributed by atoms with Crippen molar-refractivity contribution in [2.75, 3.05) is 18.9 Å². The van der Waals surface area contributed by atoms with Crippen LogP contribution in [0.15, 0.2) is 61.1 Å². The highest BCUT2D eigenvalue weighted by molar-refractivity contribution is 6.06. The van der Waals surface area contributed by atoms with E-state index in [0.29, 0.717) is 12.1 Å². The number of para-hydroxylation sites is 1. The lowest BCUT2D eigenvalue weighted by Gasteiger charge is -2.11. The Morgan fingerprint density at radius 1 is 1.00 bits per heavy atom. The lowest BCUT2D eigenvalue weighted by molar-refractivity contribution is 0.0964. The molecule has 2 aromatic carbocycles. The zero-order valence-corrected chi connectivity index (χ0v) is 17.9. The Kier molecular flexibility index (Phi) is 5.89. The van der Waals surface area contributed by atoms with Gasteiger partial charge in [0.2, 0.25) is 0 Å². The summed E-state index contributed by atoms with van der Waals surface area (Å²) in [6, 6.07) is 16.0. The van der Waals surface area contributed by atoms with E-state index in [9.17, 15) is 4.79 Å². The molecule has 4 aromatic rings. The third-order valence-corrected chi connectivity index (χ3v) is 5.35. The summed E-state index contributed by atoms with van der Waals surface area (Å²) in [5.41, 5.74) is 7.00. The molecule has 0 spiro atoms. The molecule has 0 aliphatic rings. The van der Waals surface area contributed by atoms with Crippen LogP contribution in [0.3, 0.4) is 0 Å². The topological polar surface area (TPSA) is 79.8 Å². The summed E-state index contributed by atoms with van der Waals surface area (Å²) in [4.78, 5) is 25.5. The third kappa shape index (κ3) is 4.38. The van der Waals surface area contributed by atoms with Crippen LogP contribution in [-0.2, 0) is 6.42 Å². The zero-order valence-electron chi connectivity index (χ0n) is 17.9. The van der Waals surface area contributed by atoms with Gasteiger partial charge in [-0.05, 0) is 37.5 Å². The average Bonchev–Trinajstić information content (AvgIpc) is 2.78. The van der Waals surface area contributed by atoms with Crippen molar-refractivity contribution in [3.05, 3.63) is 83.3 Å². The SMILES string of the molecule is CNC(=O)c1ccnc2c(CCNc3cc(-c4ccc(C)cc4C)ncn3)cccc12. The number of benzene rings is 2. The quantitative estimate of drug-likeness (QED) is 0.494. The van der Waals surface area contributed by atoms with Crippen molar-refractivity contribution in [1.29, 1.82) is 0 Å². The number of carbonyl (C=O) groups excluding carboxylic acids is 1. The van der Waals surface area contributed by atoms with Crippen molar-refractivity contribution >= 4 is 22.6 Å². The molecule has 156 valence electrons. The number of nitrogens with one attached hydrogen (secondary N) is 2. The lowest BCUT2D eigenvalue weighted by Crippen LogP contribution is -2.18. The molecule has 31 heavy (non-hydrogen) atoms. The zero-order chi connectivity index (χ0) is 21.8. The second-order valence-electron chi connectivity index (χ2n) is 7.53. The van der Waals surface area contributed by atoms with Crippen LogP contribution in [-0.4, -0.2) is 34.5 Å². The van der Waals surface area contributed by atoms with Gasteiger partial charge >= 0.3 is 0 Å². The van der Waals surface area contributed by atoms with Crippen LogP contribution in [0.5, 0.6) is 0 Å². The molecule has 0 atom stereocenters. The summed E-state index contributed by atoms with van der Waals surface area (Å²) in [5, 5.41) is 6.94. The maximum atomic E-state index is 12.2. The number of aromatic nitrogens is 3. The van der Waals surface area contributed by atoms with Gasteiger partial charge in [0.1, 0.15) is 12.1 Å². The molecule has 0 fully saturated rings. The van der Waals surface area contributed by atoms with Gasteiger partial charge in [-0.2, -0.15) is 0 Å². The van der Waals surface area contributed by atoms with Crippen molar-refractivity contribution in [3.8, 4) is 11.3 Å². The van der Waals surface area contributed by atoms with E-state index in [-0.39, 0.29) is 5.91 Å². The third-order valence-electron chi connectivity index (χ3n) is 5.35. The first-order valence-corrected chi connectivity index (χ1v) is 10.3. The first-order chi connectivity index (χ1) is 15.1. The van der Waals surface area contributed by atoms with Crippen LogP contribution < -0.4 is 10.6 Å². The summed E-state index contributed by atoms with van der Waals surface area (Å²) < 4.78 is 0. The van der Waals surface area contributed by atoms with Gasteiger partial charge in [-0.15, -0.1) is 0 Å². The van der Waals surface area contributed by atoms with Gasteiger partial charge in [-0.1, -0.05) is 42.0 Å². The van der Waals surface area contributed by atoms with Gasteiger partial charge in [0, 0.05) is 36.8 Å². The maximum absolute atomic E-state index is 12.2. The Bertz CT molecular complexity index is 1250. The van der Waals surface area contributed by atoms with Gasteiger partial charge < -0.3 is 10.6 Å². The highest BCUT2D eigenvalue weighted by atomic mass is 16.1. The van der Waals surface area contributed by atoms with E-state index < -0.39 is 0 Å². The molecular weight excluding hydrogens is 386 g/mol. The van der Waals surface area contributed by atoms with Crippen LogP contribution in [0.1, 0.15) is 27.0 Å². The van der Waals surface area contributed by atoms with Crippen molar-refractivity contribution in [2.45, 2.75) is 20.3 Å². The van der Waals surface area contributed by atoms with E-state index in [1.54, 1.807) is 25.6 Å². The van der Waals surface area contributed by atoms with Crippen LogP contribution in [0.4, 0.5) is 5.82 Å². The molecule has 2 heterocycles. The molecule has 0 bridgehead atoms. The average molecular weight is 412 g/mol. The van der Waals surface area contributed by atoms with Crippen molar-refractivity contribution in [3.63, 3.8) is 0 Å². The van der Waals surface area contributed by atoms with E-state index in [2.05, 4.69) is 57.6 Å². The molecule has 0 unspecified atom stereocenters. The number of fused-ring (bicyclic) bond motifs is 1. The second kappa shape index (κ2) is 8.92. The smallest absolute Gasteiger partial charge is 0.251 e. The number of nitrogens with zero attached hydrogens (tertiary/aromatic N) is 3. The van der Waals surface area contributed by atoms with Crippen LogP contribution in [0, 0.1) is 13.8 Å². The largest absolute Gasteiger partial charge is 0.370 e. The van der Waals surface area contributed by atoms with Gasteiger partial charge in [0.25, 0.3) is 5.91 Å². The molecule has 0 aliphatic carbocycles. The molecular formula is C25H25N5O. The number of anilines is 1. The predicted molar refractivity (Wildman–Crippen MR) is 124 cm³/mol. The van der Waals surface area contributed by atoms with Crippen LogP contribution >= 0.6 is 0 Å². The minimum absolute atomic E-state index is 0.109. The molecule has 2 N–H and O–H groups in total. The van der Waals surface area contributed by atoms with E-state index >= 15 is 0 Å². The molecule has 0 saturated carbocycles. The fourth-order valence-electron chi connectivity index (χ4n) is 3.80. The van der Waals surface area contributed by atoms with Crippen molar-refractivity contribution in [2.24, 2.45) is 0 Å². The summed E-state index contributed by atoms with van der Waals surface area (Å²) in [5.74, 6) is 0.673. The molecule has 6 nitrogen and oxygen atoms in total. The molecule has 4 rings (SSSR count). The van der Waals surface area contributed by atoms with Gasteiger partial charge in [-0.3, -0.25) is 9.78 Å². The highest BCUT2D eigenvalue weighted by Crippen LogP contribution is 2.24. The van der Waals surface area contributed by atoms with E-state index in [1.165, 1.54) is 11.1 Å². The monoisotopic (exact) mass is 411 g/mol. The second-order valence-corrected chi connectivity index (χ2v) is 7.53. The number of carbonyl (C=O) groups is 1. The minimum Gasteiger partial charge on any atom is -0.370 e. The molecule has 2 aromatic heterocycles. The molecule has 0 saturated heterocycles. The van der Waals surface area contributed by atoms with E-state index in [4.69, 9.17) is 0 Å². The number of amides is 1. The Morgan fingerprint density at radius 3 is 2.68 bits per heavy atom.